The molecule has 0 atom stereocenters. The van der Waals surface area contributed by atoms with Crippen LogP contribution >= 0.6 is 0 Å². The van der Waals surface area contributed by atoms with Gasteiger partial charge in [-0.2, -0.15) is 16.8 Å². The largest absolute Gasteiger partial charge is 0.383 e. The molecule has 11 heteroatoms. The molecule has 9 nitrogen and oxygen atoms in total. The van der Waals surface area contributed by atoms with Gasteiger partial charge in [0.15, 0.2) is 5.78 Å². The van der Waals surface area contributed by atoms with E-state index in [0.29, 0.717) is 11.4 Å². The highest BCUT2D eigenvalue weighted by Gasteiger charge is 2.27. The minimum absolute atomic E-state index is 0.0482. The lowest BCUT2D eigenvalue weighted by Gasteiger charge is -2.15. The first kappa shape index (κ1) is 23.8. The number of benzene rings is 2. The van der Waals surface area contributed by atoms with Crippen LogP contribution in [-0.4, -0.2) is 43.8 Å². The molecule has 4 N–H and O–H groups in total. The summed E-state index contributed by atoms with van der Waals surface area (Å²) in [4.78, 5) is 11.7. The van der Waals surface area contributed by atoms with Crippen LogP contribution in [0.1, 0.15) is 43.6 Å². The number of hydrogen-bond acceptors (Lipinski definition) is 7. The van der Waals surface area contributed by atoms with Gasteiger partial charge in [-0.3, -0.25) is 13.9 Å². The third-order valence-corrected chi connectivity index (χ3v) is 5.71. The lowest BCUT2D eigenvalue weighted by molar-refractivity contribution is 0.103. The van der Waals surface area contributed by atoms with Crippen molar-refractivity contribution in [1.82, 2.24) is 0 Å². The standard InChI is InChI=1S/C19H24N2O7S2/c1-11(2)20-13-5-7-15(17(9-13)29(23,24)25)19(22)16-8-6-14(21-12(3)4)10-18(16)30(26,27)28/h5-12,20-21H,1-4H3,(H,23,24,25)(H,26,27,28). The Kier molecular flexibility index (Phi) is 6.92. The van der Waals surface area contributed by atoms with Crippen LogP contribution < -0.4 is 10.6 Å². The number of carbonyl (C=O) groups excluding carboxylic acids is 1. The van der Waals surface area contributed by atoms with Crippen molar-refractivity contribution in [2.24, 2.45) is 0 Å². The zero-order valence-corrected chi connectivity index (χ0v) is 18.5. The Balaban J connectivity index is 2.68. The topological polar surface area (TPSA) is 150 Å². The van der Waals surface area contributed by atoms with Crippen molar-refractivity contribution in [3.05, 3.63) is 47.5 Å². The van der Waals surface area contributed by atoms with Gasteiger partial charge in [-0.05, 0) is 64.1 Å². The zero-order valence-electron chi connectivity index (χ0n) is 16.9. The second kappa shape index (κ2) is 8.72. The van der Waals surface area contributed by atoms with Gasteiger partial charge in [-0.25, -0.2) is 0 Å². The average Bonchev–Trinajstić information content (AvgIpc) is 2.58. The lowest BCUT2D eigenvalue weighted by atomic mass is 10.0. The molecule has 0 unspecified atom stereocenters. The highest BCUT2D eigenvalue weighted by atomic mass is 32.2. The average molecular weight is 457 g/mol. The molecule has 30 heavy (non-hydrogen) atoms. The summed E-state index contributed by atoms with van der Waals surface area (Å²) in [6.07, 6.45) is 0. The fourth-order valence-electron chi connectivity index (χ4n) is 2.84. The minimum Gasteiger partial charge on any atom is -0.383 e. The van der Waals surface area contributed by atoms with Crippen molar-refractivity contribution in [1.29, 1.82) is 0 Å². The van der Waals surface area contributed by atoms with Gasteiger partial charge in [0.1, 0.15) is 9.79 Å². The molecule has 2 rings (SSSR count). The predicted octanol–water partition coefficient (Wildman–Crippen LogP) is 3.05. The van der Waals surface area contributed by atoms with Crippen molar-refractivity contribution in [3.8, 4) is 0 Å². The zero-order chi connectivity index (χ0) is 22.9. The molecule has 0 fully saturated rings. The third-order valence-electron chi connectivity index (χ3n) is 3.92. The quantitative estimate of drug-likeness (QED) is 0.347. The number of rotatable bonds is 8. The van der Waals surface area contributed by atoms with Crippen LogP contribution in [0.2, 0.25) is 0 Å². The Hall–Kier alpha value is -2.47. The minimum atomic E-state index is -4.80. The van der Waals surface area contributed by atoms with E-state index in [1.165, 1.54) is 24.3 Å². The summed E-state index contributed by atoms with van der Waals surface area (Å²) in [5, 5.41) is 5.91. The Labute approximate surface area is 176 Å². The van der Waals surface area contributed by atoms with E-state index in [0.717, 1.165) is 12.1 Å². The van der Waals surface area contributed by atoms with Crippen LogP contribution in [0.4, 0.5) is 11.4 Å². The maximum Gasteiger partial charge on any atom is 0.295 e. The van der Waals surface area contributed by atoms with E-state index in [2.05, 4.69) is 10.6 Å². The molecule has 2 aromatic carbocycles. The maximum absolute atomic E-state index is 13.1. The summed E-state index contributed by atoms with van der Waals surface area (Å²) in [7, 11) is -9.60. The molecule has 0 amide bonds. The molecular formula is C19H24N2O7S2. The van der Waals surface area contributed by atoms with Crippen molar-refractivity contribution >= 4 is 37.4 Å². The van der Waals surface area contributed by atoms with Gasteiger partial charge in [-0.15, -0.1) is 0 Å². The van der Waals surface area contributed by atoms with E-state index in [1.54, 1.807) is 0 Å². The number of carbonyl (C=O) groups is 1. The van der Waals surface area contributed by atoms with E-state index in [-0.39, 0.29) is 12.1 Å². The Morgan fingerprint density at radius 2 is 1.07 bits per heavy atom. The molecule has 0 radical (unpaired) electrons. The van der Waals surface area contributed by atoms with Crippen LogP contribution in [0, 0.1) is 0 Å². The van der Waals surface area contributed by atoms with Gasteiger partial charge < -0.3 is 10.6 Å². The fraction of sp³-hybridized carbons (Fsp3) is 0.316. The summed E-state index contributed by atoms with van der Waals surface area (Å²) < 4.78 is 66.8. The Morgan fingerprint density at radius 1 is 0.733 bits per heavy atom. The van der Waals surface area contributed by atoms with Gasteiger partial charge in [0.2, 0.25) is 0 Å². The van der Waals surface area contributed by atoms with Crippen molar-refractivity contribution < 1.29 is 30.7 Å². The van der Waals surface area contributed by atoms with Crippen LogP contribution in [0.5, 0.6) is 0 Å². The van der Waals surface area contributed by atoms with Gasteiger partial charge >= 0.3 is 0 Å². The monoisotopic (exact) mass is 456 g/mol. The summed E-state index contributed by atoms with van der Waals surface area (Å²) in [6.45, 7) is 7.27. The molecule has 0 aromatic heterocycles. The highest BCUT2D eigenvalue weighted by molar-refractivity contribution is 7.86. The molecule has 0 aliphatic heterocycles. The number of hydrogen-bond donors (Lipinski definition) is 4. The number of ketones is 1. The van der Waals surface area contributed by atoms with Gasteiger partial charge in [0.25, 0.3) is 20.2 Å². The van der Waals surface area contributed by atoms with E-state index in [9.17, 15) is 30.7 Å². The lowest BCUT2D eigenvalue weighted by Crippen LogP contribution is -2.16. The number of nitrogens with one attached hydrogen (secondary N) is 2. The molecule has 0 aliphatic carbocycles. The summed E-state index contributed by atoms with van der Waals surface area (Å²) >= 11 is 0. The van der Waals surface area contributed by atoms with Crippen molar-refractivity contribution in [2.75, 3.05) is 10.6 Å². The molecule has 0 heterocycles. The Bertz CT molecular complexity index is 1080. The second-order valence-corrected chi connectivity index (χ2v) is 10.1. The second-order valence-electron chi connectivity index (χ2n) is 7.30. The maximum atomic E-state index is 13.1. The Morgan fingerprint density at radius 3 is 1.33 bits per heavy atom. The highest BCUT2D eigenvalue weighted by Crippen LogP contribution is 2.28. The normalized spacial score (nSPS) is 12.3. The van der Waals surface area contributed by atoms with E-state index in [1.807, 2.05) is 27.7 Å². The van der Waals surface area contributed by atoms with E-state index >= 15 is 0 Å². The molecule has 164 valence electrons. The molecular weight excluding hydrogens is 432 g/mol. The number of anilines is 2. The van der Waals surface area contributed by atoms with E-state index in [4.69, 9.17) is 0 Å². The predicted molar refractivity (Wildman–Crippen MR) is 113 cm³/mol. The van der Waals surface area contributed by atoms with Crippen LogP contribution in [0.15, 0.2) is 46.2 Å². The smallest absolute Gasteiger partial charge is 0.295 e. The summed E-state index contributed by atoms with van der Waals surface area (Å²) in [5.41, 5.74) is -0.163. The van der Waals surface area contributed by atoms with Crippen LogP contribution in [-0.2, 0) is 20.2 Å². The third kappa shape index (κ3) is 5.79. The van der Waals surface area contributed by atoms with Crippen LogP contribution in [0.3, 0.4) is 0 Å². The molecule has 0 aliphatic rings. The van der Waals surface area contributed by atoms with Crippen molar-refractivity contribution in [2.45, 2.75) is 49.6 Å². The first-order valence-electron chi connectivity index (χ1n) is 9.01. The van der Waals surface area contributed by atoms with Crippen LogP contribution in [0.25, 0.3) is 0 Å². The first-order valence-corrected chi connectivity index (χ1v) is 11.9. The van der Waals surface area contributed by atoms with Gasteiger partial charge in [0.05, 0.1) is 0 Å². The molecule has 0 bridgehead atoms. The van der Waals surface area contributed by atoms with Gasteiger partial charge in [0, 0.05) is 34.6 Å². The molecule has 0 saturated carbocycles. The molecule has 0 saturated heterocycles. The fourth-order valence-corrected chi connectivity index (χ4v) is 4.27. The summed E-state index contributed by atoms with van der Waals surface area (Å²) in [5.74, 6) is -0.984. The summed E-state index contributed by atoms with van der Waals surface area (Å²) in [6, 6.07) is 7.29. The first-order chi connectivity index (χ1) is 13.7. The SMILES string of the molecule is CC(C)Nc1ccc(C(=O)c2ccc(NC(C)C)cc2S(=O)(=O)O)c(S(=O)(=O)O)c1. The van der Waals surface area contributed by atoms with Gasteiger partial charge in [-0.1, -0.05) is 0 Å². The van der Waals surface area contributed by atoms with Crippen molar-refractivity contribution in [3.63, 3.8) is 0 Å². The van der Waals surface area contributed by atoms with E-state index < -0.39 is 46.9 Å². The molecule has 2 aromatic rings. The molecule has 0 spiro atoms.